The summed E-state index contributed by atoms with van der Waals surface area (Å²) in [4.78, 5) is 20.3. The molecule has 0 saturated heterocycles. The predicted octanol–water partition coefficient (Wildman–Crippen LogP) is 4.85. The summed E-state index contributed by atoms with van der Waals surface area (Å²) in [6.07, 6.45) is 0. The zero-order valence-corrected chi connectivity index (χ0v) is 15.3. The van der Waals surface area contributed by atoms with Crippen LogP contribution in [0.4, 0.5) is 27.4 Å². The van der Waals surface area contributed by atoms with E-state index >= 15 is 0 Å². The molecule has 6 nitrogen and oxygen atoms in total. The number of carbonyl (C=O) groups is 1. The minimum atomic E-state index is -0.476. The number of anilines is 4. The molecule has 0 radical (unpaired) electrons. The van der Waals surface area contributed by atoms with Crippen molar-refractivity contribution < 1.29 is 13.9 Å². The Balaban J connectivity index is 1.89. The quantitative estimate of drug-likeness (QED) is 0.610. The maximum absolute atomic E-state index is 13.8. The minimum absolute atomic E-state index is 0.298. The van der Waals surface area contributed by atoms with Crippen LogP contribution in [0.1, 0.15) is 16.2 Å². The Bertz CT molecular complexity index is 997. The Kier molecular flexibility index (Phi) is 5.52. The molecule has 0 bridgehead atoms. The number of nitrogens with zero attached hydrogens (tertiary/aromatic N) is 2. The first-order chi connectivity index (χ1) is 13.0. The fraction of sp³-hybridized carbons (Fsp3) is 0.105. The molecule has 27 heavy (non-hydrogen) atoms. The lowest BCUT2D eigenvalue weighted by Crippen LogP contribution is -2.04. The van der Waals surface area contributed by atoms with Crippen LogP contribution < -0.4 is 10.6 Å². The minimum Gasteiger partial charge on any atom is -0.465 e. The van der Waals surface area contributed by atoms with Crippen LogP contribution in [0.2, 0.25) is 5.02 Å². The van der Waals surface area contributed by atoms with E-state index in [9.17, 15) is 9.18 Å². The van der Waals surface area contributed by atoms with Crippen molar-refractivity contribution in [2.24, 2.45) is 0 Å². The van der Waals surface area contributed by atoms with Crippen molar-refractivity contribution in [2.45, 2.75) is 6.92 Å². The second kappa shape index (κ2) is 8.01. The lowest BCUT2D eigenvalue weighted by molar-refractivity contribution is 0.0601. The average Bonchev–Trinajstić information content (AvgIpc) is 2.64. The van der Waals surface area contributed by atoms with E-state index in [2.05, 4.69) is 20.6 Å². The van der Waals surface area contributed by atoms with Crippen LogP contribution in [0.3, 0.4) is 0 Å². The summed E-state index contributed by atoms with van der Waals surface area (Å²) in [5.74, 6) is 0.451. The van der Waals surface area contributed by atoms with Crippen LogP contribution >= 0.6 is 11.6 Å². The molecule has 0 unspecified atom stereocenters. The van der Waals surface area contributed by atoms with Gasteiger partial charge in [0.1, 0.15) is 23.3 Å². The van der Waals surface area contributed by atoms with Crippen LogP contribution in [0.25, 0.3) is 0 Å². The van der Waals surface area contributed by atoms with E-state index in [1.807, 2.05) is 0 Å². The predicted molar refractivity (Wildman–Crippen MR) is 103 cm³/mol. The molecule has 138 valence electrons. The van der Waals surface area contributed by atoms with Crippen LogP contribution in [0.5, 0.6) is 0 Å². The molecule has 0 amide bonds. The third-order valence-corrected chi connectivity index (χ3v) is 3.95. The number of methoxy groups -OCH3 is 1. The zero-order valence-electron chi connectivity index (χ0n) is 14.6. The van der Waals surface area contributed by atoms with Crippen molar-refractivity contribution in [1.82, 2.24) is 9.97 Å². The molecule has 0 saturated carbocycles. The van der Waals surface area contributed by atoms with E-state index in [-0.39, 0.29) is 0 Å². The number of rotatable bonds is 5. The first-order valence-corrected chi connectivity index (χ1v) is 8.36. The van der Waals surface area contributed by atoms with Crippen molar-refractivity contribution in [1.29, 1.82) is 0 Å². The Labute approximate surface area is 160 Å². The number of aryl methyl sites for hydroxylation is 1. The Morgan fingerprint density at radius 2 is 1.70 bits per heavy atom. The number of ether oxygens (including phenoxy) is 1. The van der Waals surface area contributed by atoms with Crippen molar-refractivity contribution >= 4 is 40.6 Å². The van der Waals surface area contributed by atoms with Gasteiger partial charge in [0, 0.05) is 6.07 Å². The normalized spacial score (nSPS) is 10.4. The highest BCUT2D eigenvalue weighted by Crippen LogP contribution is 2.28. The fourth-order valence-electron chi connectivity index (χ4n) is 2.40. The van der Waals surface area contributed by atoms with E-state index in [0.717, 1.165) is 0 Å². The molecule has 1 heterocycles. The highest BCUT2D eigenvalue weighted by Gasteiger charge is 2.11. The second-order valence-corrected chi connectivity index (χ2v) is 6.01. The fourth-order valence-corrected chi connectivity index (χ4v) is 2.56. The van der Waals surface area contributed by atoms with Gasteiger partial charge in [-0.3, -0.25) is 0 Å². The van der Waals surface area contributed by atoms with Crippen LogP contribution in [-0.2, 0) is 4.74 Å². The highest BCUT2D eigenvalue weighted by atomic mass is 35.5. The molecule has 0 aliphatic heterocycles. The number of hydrogen-bond acceptors (Lipinski definition) is 6. The summed E-state index contributed by atoms with van der Waals surface area (Å²) in [5.41, 5.74) is 1.13. The summed E-state index contributed by atoms with van der Waals surface area (Å²) in [6, 6.07) is 12.6. The average molecular weight is 387 g/mol. The van der Waals surface area contributed by atoms with Crippen LogP contribution in [0.15, 0.2) is 48.5 Å². The molecule has 3 rings (SSSR count). The largest absolute Gasteiger partial charge is 0.465 e. The first kappa shape index (κ1) is 18.6. The second-order valence-electron chi connectivity index (χ2n) is 5.60. The summed E-state index contributed by atoms with van der Waals surface area (Å²) in [6.45, 7) is 1.71. The van der Waals surface area contributed by atoms with E-state index in [0.29, 0.717) is 39.4 Å². The van der Waals surface area contributed by atoms with Gasteiger partial charge in [-0.25, -0.2) is 19.2 Å². The van der Waals surface area contributed by atoms with Gasteiger partial charge in [-0.1, -0.05) is 23.7 Å². The number of aromatic nitrogens is 2. The van der Waals surface area contributed by atoms with Gasteiger partial charge in [0.2, 0.25) is 0 Å². The lowest BCUT2D eigenvalue weighted by Gasteiger charge is -2.12. The number of esters is 1. The molecule has 0 aliphatic carbocycles. The van der Waals surface area contributed by atoms with Gasteiger partial charge in [0.15, 0.2) is 0 Å². The van der Waals surface area contributed by atoms with Gasteiger partial charge in [0.05, 0.1) is 29.1 Å². The maximum atomic E-state index is 13.8. The van der Waals surface area contributed by atoms with Gasteiger partial charge in [-0.05, 0) is 37.3 Å². The number of carbonyl (C=O) groups excluding carboxylic acids is 1. The molecule has 0 spiro atoms. The standard InChI is InChI=1S/C19H16ClFN4O2/c1-11-22-17(24-15-6-4-3-5-14(15)21)10-18(23-11)25-16-9-12(19(26)27-2)7-8-13(16)20/h3-10H,1-2H3,(H2,22,23,24,25). The number of nitrogens with one attached hydrogen (secondary N) is 2. The van der Waals surface area contributed by atoms with Gasteiger partial charge in [-0.2, -0.15) is 0 Å². The highest BCUT2D eigenvalue weighted by molar-refractivity contribution is 6.33. The van der Waals surface area contributed by atoms with Crippen molar-refractivity contribution in [3.8, 4) is 0 Å². The van der Waals surface area contributed by atoms with Gasteiger partial charge in [0.25, 0.3) is 0 Å². The Morgan fingerprint density at radius 3 is 2.37 bits per heavy atom. The molecule has 3 aromatic rings. The van der Waals surface area contributed by atoms with Gasteiger partial charge < -0.3 is 15.4 Å². The maximum Gasteiger partial charge on any atom is 0.337 e. The van der Waals surface area contributed by atoms with E-state index in [1.165, 1.54) is 13.2 Å². The van der Waals surface area contributed by atoms with Crippen molar-refractivity contribution in [2.75, 3.05) is 17.7 Å². The third-order valence-electron chi connectivity index (χ3n) is 3.62. The SMILES string of the molecule is COC(=O)c1ccc(Cl)c(Nc2cc(Nc3ccccc3F)nc(C)n2)c1. The molecule has 0 atom stereocenters. The number of para-hydroxylation sites is 1. The monoisotopic (exact) mass is 386 g/mol. The molecule has 1 aromatic heterocycles. The molecular weight excluding hydrogens is 371 g/mol. The lowest BCUT2D eigenvalue weighted by atomic mass is 10.2. The summed E-state index contributed by atoms with van der Waals surface area (Å²) >= 11 is 6.20. The zero-order chi connectivity index (χ0) is 19.4. The van der Waals surface area contributed by atoms with Gasteiger partial charge >= 0.3 is 5.97 Å². The molecule has 2 N–H and O–H groups in total. The number of halogens is 2. The van der Waals surface area contributed by atoms with Crippen LogP contribution in [-0.4, -0.2) is 23.0 Å². The van der Waals surface area contributed by atoms with Gasteiger partial charge in [-0.15, -0.1) is 0 Å². The summed E-state index contributed by atoms with van der Waals surface area (Å²) in [5, 5.41) is 6.37. The van der Waals surface area contributed by atoms with E-state index in [4.69, 9.17) is 16.3 Å². The Hall–Kier alpha value is -3.19. The smallest absolute Gasteiger partial charge is 0.337 e. The molecule has 2 aromatic carbocycles. The van der Waals surface area contributed by atoms with Crippen LogP contribution in [0, 0.1) is 12.7 Å². The molecule has 0 aliphatic rings. The van der Waals surface area contributed by atoms with E-state index < -0.39 is 11.8 Å². The topological polar surface area (TPSA) is 76.1 Å². The molecule has 0 fully saturated rings. The molecular formula is C19H16ClFN4O2. The number of hydrogen-bond donors (Lipinski definition) is 2. The van der Waals surface area contributed by atoms with Crippen molar-refractivity contribution in [3.05, 3.63) is 70.8 Å². The Morgan fingerprint density at radius 1 is 1.04 bits per heavy atom. The first-order valence-electron chi connectivity index (χ1n) is 7.98. The summed E-state index contributed by atoms with van der Waals surface area (Å²) in [7, 11) is 1.30. The third kappa shape index (κ3) is 4.51. The number of benzene rings is 2. The summed E-state index contributed by atoms with van der Waals surface area (Å²) < 4.78 is 18.6. The van der Waals surface area contributed by atoms with Crippen molar-refractivity contribution in [3.63, 3.8) is 0 Å². The van der Waals surface area contributed by atoms with E-state index in [1.54, 1.807) is 49.4 Å². The molecule has 8 heteroatoms.